The fourth-order valence-corrected chi connectivity index (χ4v) is 6.48. The topological polar surface area (TPSA) is 45.3 Å². The van der Waals surface area contributed by atoms with Crippen LogP contribution in [0.25, 0.3) is 10.9 Å². The van der Waals surface area contributed by atoms with Gasteiger partial charge in [0.15, 0.2) is 0 Å². The Balaban J connectivity index is 1.42. The molecular weight excluding hydrogens is 384 g/mol. The lowest BCUT2D eigenvalue weighted by Crippen LogP contribution is -2.71. The van der Waals surface area contributed by atoms with Crippen LogP contribution in [0.1, 0.15) is 61.5 Å². The second-order valence-electron chi connectivity index (χ2n) is 9.85. The predicted molar refractivity (Wildman–Crippen MR) is 122 cm³/mol. The van der Waals surface area contributed by atoms with Crippen molar-refractivity contribution in [2.45, 2.75) is 63.6 Å². The summed E-state index contributed by atoms with van der Waals surface area (Å²) in [7, 11) is 0. The smallest absolute Gasteiger partial charge is 0.310 e. The van der Waals surface area contributed by atoms with Gasteiger partial charge in [0.05, 0.1) is 19.1 Å². The molecule has 3 saturated carbocycles. The third-order valence-electron chi connectivity index (χ3n) is 7.88. The highest BCUT2D eigenvalue weighted by Gasteiger charge is 2.63. The van der Waals surface area contributed by atoms with Crippen LogP contribution in [-0.4, -0.2) is 34.0 Å². The number of nitrogens with zero attached hydrogens (tertiary/aromatic N) is 1. The minimum atomic E-state index is -0.157. The van der Waals surface area contributed by atoms with Crippen molar-refractivity contribution in [3.05, 3.63) is 70.9 Å². The summed E-state index contributed by atoms with van der Waals surface area (Å²) in [5, 5.41) is 1.37. The molecule has 4 nitrogen and oxygen atoms in total. The van der Waals surface area contributed by atoms with E-state index in [0.29, 0.717) is 24.6 Å². The number of esters is 1. The van der Waals surface area contributed by atoms with E-state index in [1.165, 1.54) is 47.0 Å². The summed E-state index contributed by atoms with van der Waals surface area (Å²) in [5.74, 6) is 0.791. The van der Waals surface area contributed by atoms with Crippen molar-refractivity contribution in [3.63, 3.8) is 0 Å². The van der Waals surface area contributed by atoms with Gasteiger partial charge in [-0.3, -0.25) is 9.69 Å². The molecule has 2 atom stereocenters. The molecule has 2 aromatic carbocycles. The number of carbonyl (C=O) groups is 1. The second-order valence-corrected chi connectivity index (χ2v) is 9.85. The van der Waals surface area contributed by atoms with Gasteiger partial charge in [-0.05, 0) is 68.2 Å². The molecule has 0 saturated heterocycles. The monoisotopic (exact) mass is 414 g/mol. The summed E-state index contributed by atoms with van der Waals surface area (Å²) in [6.07, 6.45) is 5.49. The van der Waals surface area contributed by atoms with Crippen molar-refractivity contribution in [2.24, 2.45) is 5.92 Å². The van der Waals surface area contributed by atoms with Gasteiger partial charge in [-0.2, -0.15) is 0 Å². The molecule has 2 unspecified atom stereocenters. The fourth-order valence-electron chi connectivity index (χ4n) is 6.48. The van der Waals surface area contributed by atoms with Gasteiger partial charge in [-0.1, -0.05) is 42.5 Å². The molecule has 1 N–H and O–H groups in total. The largest absolute Gasteiger partial charge is 0.466 e. The van der Waals surface area contributed by atoms with E-state index in [1.54, 1.807) is 0 Å². The Morgan fingerprint density at radius 2 is 1.87 bits per heavy atom. The summed E-state index contributed by atoms with van der Waals surface area (Å²) in [4.78, 5) is 18.5. The van der Waals surface area contributed by atoms with Crippen LogP contribution in [-0.2, 0) is 22.4 Å². The number of fused-ring (bicyclic) bond motifs is 3. The first-order chi connectivity index (χ1) is 15.1. The van der Waals surface area contributed by atoms with E-state index in [1.807, 2.05) is 6.92 Å². The first-order valence-electron chi connectivity index (χ1n) is 11.7. The molecule has 0 spiro atoms. The average molecular weight is 415 g/mol. The maximum atomic E-state index is 11.9. The number of nitrogens with one attached hydrogen (secondary N) is 1. The number of benzene rings is 2. The molecule has 31 heavy (non-hydrogen) atoms. The fraction of sp³-hybridized carbons (Fsp3) is 0.444. The van der Waals surface area contributed by atoms with Crippen LogP contribution in [0.15, 0.2) is 48.5 Å². The molecule has 160 valence electrons. The van der Waals surface area contributed by atoms with E-state index in [2.05, 4.69) is 65.3 Å². The Hall–Kier alpha value is -2.59. The third-order valence-corrected chi connectivity index (χ3v) is 7.88. The molecule has 2 heterocycles. The van der Waals surface area contributed by atoms with E-state index in [0.717, 1.165) is 17.9 Å². The summed E-state index contributed by atoms with van der Waals surface area (Å²) >= 11 is 0. The molecule has 3 aliphatic carbocycles. The molecule has 0 amide bonds. The molecule has 1 aromatic heterocycles. The van der Waals surface area contributed by atoms with E-state index in [-0.39, 0.29) is 12.0 Å². The van der Waals surface area contributed by atoms with Crippen LogP contribution >= 0.6 is 0 Å². The van der Waals surface area contributed by atoms with Gasteiger partial charge in [0.1, 0.15) is 0 Å². The van der Waals surface area contributed by atoms with Crippen molar-refractivity contribution in [3.8, 4) is 0 Å². The zero-order valence-electron chi connectivity index (χ0n) is 18.4. The Bertz CT molecular complexity index is 1130. The lowest BCUT2D eigenvalue weighted by molar-refractivity contribution is -0.174. The highest BCUT2D eigenvalue weighted by molar-refractivity contribution is 5.85. The summed E-state index contributed by atoms with van der Waals surface area (Å²) < 4.78 is 5.12. The quantitative estimate of drug-likeness (QED) is 0.587. The van der Waals surface area contributed by atoms with Gasteiger partial charge >= 0.3 is 5.97 Å². The lowest BCUT2D eigenvalue weighted by Gasteiger charge is -2.70. The molecular formula is C27H30N2O2. The Morgan fingerprint density at radius 3 is 2.55 bits per heavy atom. The Kier molecular flexibility index (Phi) is 4.29. The van der Waals surface area contributed by atoms with E-state index in [4.69, 9.17) is 4.74 Å². The summed E-state index contributed by atoms with van der Waals surface area (Å²) in [5.41, 5.74) is 6.79. The van der Waals surface area contributed by atoms with Gasteiger partial charge < -0.3 is 9.72 Å². The minimum absolute atomic E-state index is 0.157. The van der Waals surface area contributed by atoms with Gasteiger partial charge in [0, 0.05) is 28.2 Å². The average Bonchev–Trinajstić information content (AvgIpc) is 3.05. The second kappa shape index (κ2) is 6.96. The number of carbonyl (C=O) groups excluding carboxylic acids is 1. The van der Waals surface area contributed by atoms with E-state index < -0.39 is 0 Å². The standard InChI is InChI=1S/C27H30N2O2/c1-3-31-24(30)13-18-8-10-20(11-9-18)26-25-22(21-6-4-5-7-23(21)28-25)12-17(2)29(26)27-14-19(15-27)16-27/h4-11,17,19,26,28H,3,12-16H2,1-2H3. The SMILES string of the molecule is CCOC(=O)Cc1ccc(C2c3[nH]c4ccccc4c3CC(C)N2C23CC(C2)C3)cc1. The predicted octanol–water partition coefficient (Wildman–Crippen LogP) is 5.16. The number of para-hydroxylation sites is 1. The molecule has 0 radical (unpaired) electrons. The van der Waals surface area contributed by atoms with Crippen LogP contribution in [0.3, 0.4) is 0 Å². The van der Waals surface area contributed by atoms with E-state index in [9.17, 15) is 4.79 Å². The number of rotatable bonds is 5. The van der Waals surface area contributed by atoms with E-state index >= 15 is 0 Å². The molecule has 4 heteroatoms. The number of ether oxygens (including phenoxy) is 1. The Morgan fingerprint density at radius 1 is 1.13 bits per heavy atom. The van der Waals surface area contributed by atoms with Gasteiger partial charge in [-0.25, -0.2) is 0 Å². The first kappa shape index (κ1) is 19.1. The Labute approximate surface area is 183 Å². The van der Waals surface area contributed by atoms with Crippen LogP contribution < -0.4 is 0 Å². The molecule has 3 fully saturated rings. The maximum Gasteiger partial charge on any atom is 0.310 e. The zero-order chi connectivity index (χ0) is 21.2. The summed E-state index contributed by atoms with van der Waals surface area (Å²) in [6, 6.07) is 18.1. The number of hydrogen-bond donors (Lipinski definition) is 1. The van der Waals surface area contributed by atoms with Crippen LogP contribution in [0.5, 0.6) is 0 Å². The number of H-pyrrole nitrogens is 1. The van der Waals surface area contributed by atoms with Crippen molar-refractivity contribution in [2.75, 3.05) is 6.61 Å². The number of aromatic nitrogens is 1. The maximum absolute atomic E-state index is 11.9. The molecule has 4 aliphatic rings. The number of aromatic amines is 1. The van der Waals surface area contributed by atoms with Gasteiger partial charge in [0.2, 0.25) is 0 Å². The summed E-state index contributed by atoms with van der Waals surface area (Å²) in [6.45, 7) is 4.69. The minimum Gasteiger partial charge on any atom is -0.466 e. The van der Waals surface area contributed by atoms with Crippen LogP contribution in [0, 0.1) is 5.92 Å². The van der Waals surface area contributed by atoms with Crippen molar-refractivity contribution in [1.29, 1.82) is 0 Å². The molecule has 2 bridgehead atoms. The molecule has 3 aromatic rings. The van der Waals surface area contributed by atoms with Gasteiger partial charge in [0.25, 0.3) is 0 Å². The normalized spacial score (nSPS) is 29.2. The molecule has 1 aliphatic heterocycles. The third kappa shape index (κ3) is 2.88. The van der Waals surface area contributed by atoms with Crippen molar-refractivity contribution >= 4 is 16.9 Å². The lowest BCUT2D eigenvalue weighted by atomic mass is 9.48. The molecule has 7 rings (SSSR count). The van der Waals surface area contributed by atoms with Crippen molar-refractivity contribution < 1.29 is 9.53 Å². The van der Waals surface area contributed by atoms with Crippen molar-refractivity contribution in [1.82, 2.24) is 9.88 Å². The highest BCUT2D eigenvalue weighted by Crippen LogP contribution is 2.64. The first-order valence-corrected chi connectivity index (χ1v) is 11.7. The zero-order valence-corrected chi connectivity index (χ0v) is 18.4. The van der Waals surface area contributed by atoms with Gasteiger partial charge in [-0.15, -0.1) is 0 Å². The van der Waals surface area contributed by atoms with Crippen LogP contribution in [0.4, 0.5) is 0 Å². The number of hydrogen-bond acceptors (Lipinski definition) is 3. The van der Waals surface area contributed by atoms with Crippen LogP contribution in [0.2, 0.25) is 0 Å². The highest BCUT2D eigenvalue weighted by atomic mass is 16.5.